The first-order chi connectivity index (χ1) is 13.0. The van der Waals surface area contributed by atoms with Crippen molar-refractivity contribution in [2.45, 2.75) is 83.4 Å². The Morgan fingerprint density at radius 3 is 2.67 bits per heavy atom. The van der Waals surface area contributed by atoms with Gasteiger partial charge < -0.3 is 10.1 Å². The number of alkyl halides is 1. The number of carbonyl (C=O) groups excluding carboxylic acids is 1. The number of ether oxygens (including phenoxy) is 1. The van der Waals surface area contributed by atoms with Gasteiger partial charge in [-0.05, 0) is 55.7 Å². The van der Waals surface area contributed by atoms with Gasteiger partial charge in [0.2, 0.25) is 5.91 Å². The maximum atomic E-state index is 12.4. The van der Waals surface area contributed by atoms with Gasteiger partial charge in [-0.2, -0.15) is 0 Å². The van der Waals surface area contributed by atoms with Crippen LogP contribution in [0, 0.1) is 11.8 Å². The van der Waals surface area contributed by atoms with Crippen LogP contribution in [-0.2, 0) is 11.2 Å². The highest BCUT2D eigenvalue weighted by molar-refractivity contribution is 9.09. The van der Waals surface area contributed by atoms with Crippen LogP contribution in [0.4, 0.5) is 5.69 Å². The molecule has 0 bridgehead atoms. The van der Waals surface area contributed by atoms with Crippen LogP contribution in [0.5, 0.6) is 5.75 Å². The van der Waals surface area contributed by atoms with Gasteiger partial charge in [-0.3, -0.25) is 4.79 Å². The molecule has 27 heavy (non-hydrogen) atoms. The first-order valence-electron chi connectivity index (χ1n) is 10.7. The summed E-state index contributed by atoms with van der Waals surface area (Å²) in [5.74, 6) is 2.29. The van der Waals surface area contributed by atoms with Crippen molar-refractivity contribution >= 4 is 27.5 Å². The molecule has 1 atom stereocenters. The summed E-state index contributed by atoms with van der Waals surface area (Å²) in [6.45, 7) is 7.06. The molecule has 4 heteroatoms. The Morgan fingerprint density at radius 2 is 2.00 bits per heavy atom. The predicted octanol–water partition coefficient (Wildman–Crippen LogP) is 6.74. The number of anilines is 1. The maximum Gasteiger partial charge on any atom is 0.224 e. The van der Waals surface area contributed by atoms with Gasteiger partial charge in [0.05, 0.1) is 12.3 Å². The lowest BCUT2D eigenvalue weighted by molar-refractivity contribution is -0.116. The standard InChI is InChI=1S/C23H36BrNO2/c1-4-27-22-16-19(15-20(24)14-17(2)3)10-12-21(22)25-23(26)13-11-18-8-6-5-7-9-18/h10,12,16-18,20H,4-9,11,13-15H2,1-3H3,(H,25,26). The van der Waals surface area contributed by atoms with Gasteiger partial charge in [0.1, 0.15) is 5.75 Å². The molecule has 1 aliphatic rings. The van der Waals surface area contributed by atoms with Gasteiger partial charge in [0, 0.05) is 11.2 Å². The minimum atomic E-state index is 0.104. The Kier molecular flexibility index (Phi) is 9.67. The average Bonchev–Trinajstić information content (AvgIpc) is 2.62. The third-order valence-electron chi connectivity index (χ3n) is 5.31. The summed E-state index contributed by atoms with van der Waals surface area (Å²) in [7, 11) is 0. The van der Waals surface area contributed by atoms with E-state index in [2.05, 4.69) is 47.2 Å². The van der Waals surface area contributed by atoms with E-state index < -0.39 is 0 Å². The zero-order valence-corrected chi connectivity index (χ0v) is 18.8. The van der Waals surface area contributed by atoms with Gasteiger partial charge in [-0.1, -0.05) is 67.9 Å². The molecule has 1 aromatic rings. The van der Waals surface area contributed by atoms with E-state index in [9.17, 15) is 4.79 Å². The van der Waals surface area contributed by atoms with Crippen molar-refractivity contribution in [3.05, 3.63) is 23.8 Å². The normalized spacial score (nSPS) is 16.3. The van der Waals surface area contributed by atoms with E-state index >= 15 is 0 Å². The van der Waals surface area contributed by atoms with Crippen molar-refractivity contribution in [3.63, 3.8) is 0 Å². The van der Waals surface area contributed by atoms with Gasteiger partial charge in [0.15, 0.2) is 0 Å². The molecule has 0 spiro atoms. The molecule has 1 aliphatic carbocycles. The Morgan fingerprint density at radius 1 is 1.26 bits per heavy atom. The van der Waals surface area contributed by atoms with Crippen LogP contribution in [0.3, 0.4) is 0 Å². The molecule has 1 N–H and O–H groups in total. The van der Waals surface area contributed by atoms with E-state index in [-0.39, 0.29) is 5.91 Å². The number of carbonyl (C=O) groups is 1. The van der Waals surface area contributed by atoms with Crippen LogP contribution < -0.4 is 10.1 Å². The molecular formula is C23H36BrNO2. The van der Waals surface area contributed by atoms with Crippen molar-refractivity contribution in [2.24, 2.45) is 11.8 Å². The van der Waals surface area contributed by atoms with Crippen molar-refractivity contribution in [1.29, 1.82) is 0 Å². The number of amides is 1. The summed E-state index contributed by atoms with van der Waals surface area (Å²) in [6.07, 6.45) is 10.3. The average molecular weight is 438 g/mol. The number of hydrogen-bond acceptors (Lipinski definition) is 2. The van der Waals surface area contributed by atoms with Crippen molar-refractivity contribution in [2.75, 3.05) is 11.9 Å². The van der Waals surface area contributed by atoms with Crippen molar-refractivity contribution in [3.8, 4) is 5.75 Å². The molecule has 152 valence electrons. The summed E-state index contributed by atoms with van der Waals surface area (Å²) < 4.78 is 5.81. The Bertz CT molecular complexity index is 582. The fraction of sp³-hybridized carbons (Fsp3) is 0.696. The fourth-order valence-corrected chi connectivity index (χ4v) is 5.07. The molecule has 2 rings (SSSR count). The summed E-state index contributed by atoms with van der Waals surface area (Å²) in [4.78, 5) is 12.9. The Labute approximate surface area is 173 Å². The molecule has 3 nitrogen and oxygen atoms in total. The van der Waals surface area contributed by atoms with Gasteiger partial charge in [-0.15, -0.1) is 0 Å². The summed E-state index contributed by atoms with van der Waals surface area (Å²) in [5, 5.41) is 3.07. The third kappa shape index (κ3) is 8.25. The second-order valence-electron chi connectivity index (χ2n) is 8.29. The second-order valence-corrected chi connectivity index (χ2v) is 9.58. The van der Waals surface area contributed by atoms with Crippen LogP contribution in [0.25, 0.3) is 0 Å². The first-order valence-corrected chi connectivity index (χ1v) is 11.6. The molecule has 1 unspecified atom stereocenters. The minimum absolute atomic E-state index is 0.104. The number of rotatable bonds is 10. The van der Waals surface area contributed by atoms with Crippen LogP contribution in [0.1, 0.15) is 77.7 Å². The maximum absolute atomic E-state index is 12.4. The van der Waals surface area contributed by atoms with E-state index in [1.54, 1.807) is 0 Å². The van der Waals surface area contributed by atoms with Gasteiger partial charge in [-0.25, -0.2) is 0 Å². The zero-order chi connectivity index (χ0) is 19.6. The van der Waals surface area contributed by atoms with Crippen molar-refractivity contribution < 1.29 is 9.53 Å². The number of nitrogens with one attached hydrogen (secondary N) is 1. The molecule has 0 aliphatic heterocycles. The number of hydrogen-bond donors (Lipinski definition) is 1. The first kappa shape index (κ1) is 22.3. The summed E-state index contributed by atoms with van der Waals surface area (Å²) in [5.41, 5.74) is 2.03. The Hall–Kier alpha value is -1.03. The molecule has 1 aromatic carbocycles. The highest BCUT2D eigenvalue weighted by Gasteiger charge is 2.16. The minimum Gasteiger partial charge on any atom is -0.492 e. The lowest BCUT2D eigenvalue weighted by Gasteiger charge is -2.21. The molecule has 0 heterocycles. The van der Waals surface area contributed by atoms with E-state index in [0.717, 1.165) is 36.6 Å². The number of halogens is 1. The molecule has 0 aromatic heterocycles. The van der Waals surface area contributed by atoms with Crippen LogP contribution in [0.2, 0.25) is 0 Å². The molecule has 1 saturated carbocycles. The molecule has 0 saturated heterocycles. The second kappa shape index (κ2) is 11.7. The topological polar surface area (TPSA) is 38.3 Å². The zero-order valence-electron chi connectivity index (χ0n) is 17.2. The quantitative estimate of drug-likeness (QED) is 0.411. The predicted molar refractivity (Wildman–Crippen MR) is 118 cm³/mol. The van der Waals surface area contributed by atoms with Crippen LogP contribution in [-0.4, -0.2) is 17.3 Å². The summed E-state index contributed by atoms with van der Waals surface area (Å²) in [6, 6.07) is 6.18. The lowest BCUT2D eigenvalue weighted by atomic mass is 9.86. The van der Waals surface area contributed by atoms with Crippen LogP contribution >= 0.6 is 15.9 Å². The third-order valence-corrected chi connectivity index (χ3v) is 6.01. The number of benzene rings is 1. The highest BCUT2D eigenvalue weighted by Crippen LogP contribution is 2.30. The van der Waals surface area contributed by atoms with Gasteiger partial charge >= 0.3 is 0 Å². The largest absolute Gasteiger partial charge is 0.492 e. The molecule has 1 amide bonds. The SMILES string of the molecule is CCOc1cc(CC(Br)CC(C)C)ccc1NC(=O)CCC1CCCCC1. The lowest BCUT2D eigenvalue weighted by Crippen LogP contribution is -2.15. The summed E-state index contributed by atoms with van der Waals surface area (Å²) >= 11 is 3.79. The van der Waals surface area contributed by atoms with Crippen molar-refractivity contribution in [1.82, 2.24) is 0 Å². The fourth-order valence-electron chi connectivity index (χ4n) is 3.95. The van der Waals surface area contributed by atoms with E-state index in [4.69, 9.17) is 4.74 Å². The van der Waals surface area contributed by atoms with Crippen LogP contribution in [0.15, 0.2) is 18.2 Å². The monoisotopic (exact) mass is 437 g/mol. The molecular weight excluding hydrogens is 402 g/mol. The smallest absolute Gasteiger partial charge is 0.224 e. The van der Waals surface area contributed by atoms with E-state index in [1.165, 1.54) is 37.7 Å². The van der Waals surface area contributed by atoms with E-state index in [0.29, 0.717) is 23.8 Å². The van der Waals surface area contributed by atoms with E-state index in [1.807, 2.05) is 13.0 Å². The molecule has 0 radical (unpaired) electrons. The highest BCUT2D eigenvalue weighted by atomic mass is 79.9. The molecule has 1 fully saturated rings. The van der Waals surface area contributed by atoms with Gasteiger partial charge in [0.25, 0.3) is 0 Å². The Balaban J connectivity index is 1.92.